The quantitative estimate of drug-likeness (QED) is 0.811. The molecule has 6 nitrogen and oxygen atoms in total. The molecule has 2 heterocycles. The fourth-order valence-electron chi connectivity index (χ4n) is 2.97. The number of benzene rings is 1. The van der Waals surface area contributed by atoms with Crippen LogP contribution in [0.5, 0.6) is 11.5 Å². The molecule has 2 aromatic rings. The molecule has 0 fully saturated rings. The van der Waals surface area contributed by atoms with E-state index in [4.69, 9.17) is 14.2 Å². The van der Waals surface area contributed by atoms with Crippen molar-refractivity contribution in [2.24, 2.45) is 0 Å². The van der Waals surface area contributed by atoms with Crippen LogP contribution < -0.4 is 9.47 Å². The summed E-state index contributed by atoms with van der Waals surface area (Å²) in [7, 11) is 3.23. The first-order chi connectivity index (χ1) is 11.1. The van der Waals surface area contributed by atoms with Crippen molar-refractivity contribution in [3.8, 4) is 22.9 Å². The molecule has 122 valence electrons. The SMILES string of the molecule is CCOC(=O)c1nc2n(c1C)CCc1cc(OC)c(OC)cc1-2. The zero-order valence-corrected chi connectivity index (χ0v) is 13.8. The minimum absolute atomic E-state index is 0.335. The van der Waals surface area contributed by atoms with E-state index in [0.29, 0.717) is 23.8 Å². The Labute approximate surface area is 135 Å². The summed E-state index contributed by atoms with van der Waals surface area (Å²) in [6, 6.07) is 3.90. The molecule has 0 amide bonds. The van der Waals surface area contributed by atoms with Gasteiger partial charge in [0.05, 0.1) is 20.8 Å². The number of methoxy groups -OCH3 is 2. The van der Waals surface area contributed by atoms with Crippen molar-refractivity contribution in [1.29, 1.82) is 0 Å². The van der Waals surface area contributed by atoms with Gasteiger partial charge in [-0.05, 0) is 38.0 Å². The Kier molecular flexibility index (Phi) is 3.98. The van der Waals surface area contributed by atoms with Gasteiger partial charge < -0.3 is 18.8 Å². The highest BCUT2D eigenvalue weighted by Crippen LogP contribution is 2.38. The van der Waals surface area contributed by atoms with Gasteiger partial charge in [-0.2, -0.15) is 0 Å². The first-order valence-electron chi connectivity index (χ1n) is 7.60. The number of aromatic nitrogens is 2. The fraction of sp³-hybridized carbons (Fsp3) is 0.412. The van der Waals surface area contributed by atoms with Gasteiger partial charge in [-0.25, -0.2) is 9.78 Å². The van der Waals surface area contributed by atoms with E-state index >= 15 is 0 Å². The second-order valence-electron chi connectivity index (χ2n) is 5.36. The number of ether oxygens (including phenoxy) is 3. The van der Waals surface area contributed by atoms with E-state index < -0.39 is 0 Å². The molecule has 1 aromatic heterocycles. The summed E-state index contributed by atoms with van der Waals surface area (Å²) < 4.78 is 17.9. The van der Waals surface area contributed by atoms with Crippen molar-refractivity contribution in [2.75, 3.05) is 20.8 Å². The molecule has 0 saturated heterocycles. The summed E-state index contributed by atoms with van der Waals surface area (Å²) in [6.07, 6.45) is 0.849. The summed E-state index contributed by atoms with van der Waals surface area (Å²) in [5.41, 5.74) is 3.31. The van der Waals surface area contributed by atoms with E-state index in [-0.39, 0.29) is 5.97 Å². The maximum Gasteiger partial charge on any atom is 0.358 e. The molecule has 0 unspecified atom stereocenters. The molecular formula is C17H20N2O4. The molecule has 0 radical (unpaired) electrons. The Morgan fingerprint density at radius 3 is 2.61 bits per heavy atom. The molecule has 0 N–H and O–H groups in total. The minimum atomic E-state index is -0.381. The van der Waals surface area contributed by atoms with Gasteiger partial charge in [0.2, 0.25) is 0 Å². The monoisotopic (exact) mass is 316 g/mol. The van der Waals surface area contributed by atoms with Crippen molar-refractivity contribution >= 4 is 5.97 Å². The number of nitrogens with zero attached hydrogens (tertiary/aromatic N) is 2. The number of esters is 1. The Morgan fingerprint density at radius 2 is 1.96 bits per heavy atom. The third-order valence-corrected chi connectivity index (χ3v) is 4.14. The molecule has 0 aliphatic carbocycles. The Bertz CT molecular complexity index is 764. The molecule has 6 heteroatoms. The summed E-state index contributed by atoms with van der Waals surface area (Å²) in [5, 5.41) is 0. The highest BCUT2D eigenvalue weighted by molar-refractivity contribution is 5.90. The zero-order valence-electron chi connectivity index (χ0n) is 13.8. The number of rotatable bonds is 4. The van der Waals surface area contributed by atoms with Crippen molar-refractivity contribution in [3.05, 3.63) is 29.1 Å². The van der Waals surface area contributed by atoms with Crippen LogP contribution in [-0.2, 0) is 17.7 Å². The van der Waals surface area contributed by atoms with Crippen molar-refractivity contribution in [3.63, 3.8) is 0 Å². The Hall–Kier alpha value is -2.50. The maximum atomic E-state index is 12.1. The molecule has 1 aromatic carbocycles. The van der Waals surface area contributed by atoms with Crippen LogP contribution in [0.3, 0.4) is 0 Å². The third-order valence-electron chi connectivity index (χ3n) is 4.14. The lowest BCUT2D eigenvalue weighted by Crippen LogP contribution is -2.13. The molecule has 0 atom stereocenters. The molecular weight excluding hydrogens is 296 g/mol. The van der Waals surface area contributed by atoms with Crippen LogP contribution >= 0.6 is 0 Å². The lowest BCUT2D eigenvalue weighted by Gasteiger charge is -2.21. The van der Waals surface area contributed by atoms with Gasteiger partial charge in [0.15, 0.2) is 17.2 Å². The van der Waals surface area contributed by atoms with Gasteiger partial charge in [-0.1, -0.05) is 0 Å². The molecule has 23 heavy (non-hydrogen) atoms. The Balaban J connectivity index is 2.13. The average molecular weight is 316 g/mol. The van der Waals surface area contributed by atoms with Gasteiger partial charge in [-0.15, -0.1) is 0 Å². The van der Waals surface area contributed by atoms with Gasteiger partial charge in [0.1, 0.15) is 5.82 Å². The van der Waals surface area contributed by atoms with Crippen LogP contribution in [0, 0.1) is 6.92 Å². The summed E-state index contributed by atoms with van der Waals surface area (Å²) in [4.78, 5) is 16.6. The van der Waals surface area contributed by atoms with E-state index in [0.717, 1.165) is 35.6 Å². The van der Waals surface area contributed by atoms with Crippen LogP contribution in [0.1, 0.15) is 28.7 Å². The van der Waals surface area contributed by atoms with E-state index in [1.165, 1.54) is 0 Å². The molecule has 1 aliphatic heterocycles. The highest BCUT2D eigenvalue weighted by Gasteiger charge is 2.27. The molecule has 0 saturated carbocycles. The Morgan fingerprint density at radius 1 is 1.26 bits per heavy atom. The van der Waals surface area contributed by atoms with E-state index in [9.17, 15) is 4.79 Å². The topological polar surface area (TPSA) is 62.6 Å². The van der Waals surface area contributed by atoms with Gasteiger partial charge in [-0.3, -0.25) is 0 Å². The van der Waals surface area contributed by atoms with Crippen LogP contribution in [0.15, 0.2) is 12.1 Å². The first kappa shape index (κ1) is 15.4. The smallest absolute Gasteiger partial charge is 0.358 e. The van der Waals surface area contributed by atoms with E-state index in [1.54, 1.807) is 21.1 Å². The van der Waals surface area contributed by atoms with Crippen LogP contribution in [0.2, 0.25) is 0 Å². The van der Waals surface area contributed by atoms with Crippen LogP contribution in [-0.4, -0.2) is 36.3 Å². The first-order valence-corrected chi connectivity index (χ1v) is 7.60. The zero-order chi connectivity index (χ0) is 16.6. The third kappa shape index (κ3) is 2.44. The summed E-state index contributed by atoms with van der Waals surface area (Å²) in [5.74, 6) is 1.74. The van der Waals surface area contributed by atoms with E-state index in [2.05, 4.69) is 9.55 Å². The van der Waals surface area contributed by atoms with Crippen molar-refractivity contribution < 1.29 is 19.0 Å². The number of imidazole rings is 1. The van der Waals surface area contributed by atoms with Crippen LogP contribution in [0.4, 0.5) is 0 Å². The number of hydrogen-bond donors (Lipinski definition) is 0. The number of hydrogen-bond acceptors (Lipinski definition) is 5. The second-order valence-corrected chi connectivity index (χ2v) is 5.36. The fourth-order valence-corrected chi connectivity index (χ4v) is 2.97. The second kappa shape index (κ2) is 5.95. The minimum Gasteiger partial charge on any atom is -0.493 e. The maximum absolute atomic E-state index is 12.1. The normalized spacial score (nSPS) is 12.3. The van der Waals surface area contributed by atoms with Crippen molar-refractivity contribution in [1.82, 2.24) is 9.55 Å². The van der Waals surface area contributed by atoms with Gasteiger partial charge in [0, 0.05) is 17.8 Å². The number of carbonyl (C=O) groups excluding carboxylic acids is 1. The molecule has 1 aliphatic rings. The van der Waals surface area contributed by atoms with Gasteiger partial charge >= 0.3 is 5.97 Å². The summed E-state index contributed by atoms with van der Waals surface area (Å²) in [6.45, 7) is 4.79. The molecule has 0 spiro atoms. The lowest BCUT2D eigenvalue weighted by molar-refractivity contribution is 0.0519. The summed E-state index contributed by atoms with van der Waals surface area (Å²) >= 11 is 0. The lowest BCUT2D eigenvalue weighted by atomic mass is 9.99. The average Bonchev–Trinajstić information content (AvgIpc) is 2.91. The standard InChI is InChI=1S/C17H20N2O4/c1-5-23-17(20)15-10(2)19-7-6-11-8-13(21-3)14(22-4)9-12(11)16(19)18-15/h8-9H,5-7H2,1-4H3. The van der Waals surface area contributed by atoms with Crippen molar-refractivity contribution in [2.45, 2.75) is 26.8 Å². The number of carbonyl (C=O) groups is 1. The molecule has 3 rings (SSSR count). The number of fused-ring (bicyclic) bond motifs is 3. The van der Waals surface area contributed by atoms with E-state index in [1.807, 2.05) is 19.1 Å². The molecule has 0 bridgehead atoms. The predicted octanol–water partition coefficient (Wildman–Crippen LogP) is 2.61. The largest absolute Gasteiger partial charge is 0.493 e. The predicted molar refractivity (Wildman–Crippen MR) is 85.2 cm³/mol. The van der Waals surface area contributed by atoms with Gasteiger partial charge in [0.25, 0.3) is 0 Å². The van der Waals surface area contributed by atoms with Crippen LogP contribution in [0.25, 0.3) is 11.4 Å². The highest BCUT2D eigenvalue weighted by atomic mass is 16.5. The number of aryl methyl sites for hydroxylation is 1.